The number of aliphatic carboxylic acids is 1. The molecule has 156 valence electrons. The highest BCUT2D eigenvalue weighted by atomic mass is 19.4. The number of hydrogen-bond acceptors (Lipinski definition) is 6. The topological polar surface area (TPSA) is 77.5 Å². The number of carbonyl (C=O) groups is 1. The summed E-state index contributed by atoms with van der Waals surface area (Å²) >= 11 is 0. The van der Waals surface area contributed by atoms with E-state index in [0.717, 1.165) is 50.8 Å². The molecule has 0 aromatic heterocycles. The lowest BCUT2D eigenvalue weighted by atomic mass is 9.81. The van der Waals surface area contributed by atoms with Crippen LogP contribution in [-0.4, -0.2) is 68.0 Å². The first kappa shape index (κ1) is 20.7. The van der Waals surface area contributed by atoms with Gasteiger partial charge in [-0.25, -0.2) is 4.79 Å². The summed E-state index contributed by atoms with van der Waals surface area (Å²) in [5.74, 6) is -0.516. The van der Waals surface area contributed by atoms with Gasteiger partial charge in [0, 0.05) is 39.3 Å². The Morgan fingerprint density at radius 1 is 1.32 bits per heavy atom. The maximum atomic E-state index is 10.6. The van der Waals surface area contributed by atoms with Crippen LogP contribution in [-0.2, 0) is 20.8 Å². The average Bonchev–Trinajstić information content (AvgIpc) is 3.21. The van der Waals surface area contributed by atoms with Crippen LogP contribution in [0.2, 0.25) is 0 Å². The normalized spacial score (nSPS) is 22.5. The van der Waals surface area contributed by atoms with Crippen LogP contribution in [0.4, 0.5) is 13.2 Å². The summed E-state index contributed by atoms with van der Waals surface area (Å²) in [5, 5.41) is 7.12. The van der Waals surface area contributed by atoms with Crippen molar-refractivity contribution in [2.75, 3.05) is 40.2 Å². The molecular weight excluding hydrogens is 383 g/mol. The van der Waals surface area contributed by atoms with Gasteiger partial charge in [-0.05, 0) is 24.1 Å². The summed E-state index contributed by atoms with van der Waals surface area (Å²) in [4.78, 5) is 11.3. The molecule has 1 atom stereocenters. The Kier molecular flexibility index (Phi) is 6.01. The fourth-order valence-corrected chi connectivity index (χ4v) is 3.69. The number of rotatable bonds is 4. The van der Waals surface area contributed by atoms with Crippen molar-refractivity contribution in [1.82, 2.24) is 4.90 Å². The third-order valence-corrected chi connectivity index (χ3v) is 5.04. The maximum absolute atomic E-state index is 10.6. The molecule has 7 nitrogen and oxygen atoms in total. The minimum atomic E-state index is -5.08. The van der Waals surface area contributed by atoms with Crippen molar-refractivity contribution >= 4 is 5.97 Å². The molecule has 3 aliphatic rings. The van der Waals surface area contributed by atoms with Crippen LogP contribution in [0.1, 0.15) is 12.0 Å². The molecule has 10 heteroatoms. The molecule has 3 heterocycles. The number of hydrogen-bond donors (Lipinski definition) is 1. The first-order chi connectivity index (χ1) is 13.2. The number of alkyl halides is 3. The van der Waals surface area contributed by atoms with Gasteiger partial charge >= 0.3 is 12.1 Å². The first-order valence-corrected chi connectivity index (χ1v) is 8.77. The second-order valence-electron chi connectivity index (χ2n) is 6.99. The van der Waals surface area contributed by atoms with E-state index in [2.05, 4.69) is 17.0 Å². The van der Waals surface area contributed by atoms with Gasteiger partial charge in [0.05, 0.1) is 12.2 Å². The molecule has 0 amide bonds. The summed E-state index contributed by atoms with van der Waals surface area (Å²) < 4.78 is 53.9. The van der Waals surface area contributed by atoms with Crippen LogP contribution in [0.5, 0.6) is 11.5 Å². The Morgan fingerprint density at radius 2 is 2.00 bits per heavy atom. The largest absolute Gasteiger partial charge is 0.490 e. The molecule has 4 rings (SSSR count). The van der Waals surface area contributed by atoms with Crippen molar-refractivity contribution < 1.29 is 42.0 Å². The lowest BCUT2D eigenvalue weighted by Gasteiger charge is -2.50. The lowest BCUT2D eigenvalue weighted by Crippen LogP contribution is -2.64. The Hall–Kier alpha value is -2.04. The lowest BCUT2D eigenvalue weighted by molar-refractivity contribution is -0.192. The van der Waals surface area contributed by atoms with Gasteiger partial charge in [0.1, 0.15) is 0 Å². The summed E-state index contributed by atoms with van der Waals surface area (Å²) in [6.07, 6.45) is -3.97. The van der Waals surface area contributed by atoms with E-state index in [1.54, 1.807) is 7.11 Å². The van der Waals surface area contributed by atoms with Crippen LogP contribution in [0.25, 0.3) is 0 Å². The molecule has 2 saturated heterocycles. The molecule has 0 saturated carbocycles. The van der Waals surface area contributed by atoms with E-state index >= 15 is 0 Å². The molecule has 0 bridgehead atoms. The van der Waals surface area contributed by atoms with Crippen molar-refractivity contribution in [3.05, 3.63) is 23.8 Å². The standard InChI is InChI=1S/C16H21NO4.C2HF3O2/c1-18-8-13-4-5-21-16(13)9-17(10-16)7-12-2-3-14-15(6-12)20-11-19-14;3-2(4,5)1(6)7/h2-3,6,13H,4-5,7-11H2,1H3;(H,6,7). The predicted octanol–water partition coefficient (Wildman–Crippen LogP) is 2.29. The van der Waals surface area contributed by atoms with Crippen molar-refractivity contribution in [3.8, 4) is 11.5 Å². The van der Waals surface area contributed by atoms with E-state index in [-0.39, 0.29) is 5.60 Å². The SMILES string of the molecule is COCC1CCOC12CN(Cc1ccc3c(c1)OCO3)C2.O=C(O)C(F)(F)F. The van der Waals surface area contributed by atoms with Crippen molar-refractivity contribution in [3.63, 3.8) is 0 Å². The zero-order chi connectivity index (χ0) is 20.4. The van der Waals surface area contributed by atoms with E-state index in [1.807, 2.05) is 6.07 Å². The minimum absolute atomic E-state index is 0.0341. The van der Waals surface area contributed by atoms with Gasteiger partial charge in [-0.3, -0.25) is 4.90 Å². The Labute approximate surface area is 159 Å². The van der Waals surface area contributed by atoms with E-state index in [1.165, 1.54) is 5.56 Å². The fraction of sp³-hybridized carbons (Fsp3) is 0.611. The predicted molar refractivity (Wildman–Crippen MR) is 90.2 cm³/mol. The number of likely N-dealkylation sites (tertiary alicyclic amines) is 1. The second-order valence-corrected chi connectivity index (χ2v) is 6.99. The van der Waals surface area contributed by atoms with Crippen molar-refractivity contribution in [2.45, 2.75) is 24.7 Å². The number of ether oxygens (including phenoxy) is 4. The molecule has 0 radical (unpaired) electrons. The van der Waals surface area contributed by atoms with Gasteiger partial charge in [-0.1, -0.05) is 6.07 Å². The van der Waals surface area contributed by atoms with E-state index < -0.39 is 12.1 Å². The molecule has 1 aromatic rings. The zero-order valence-electron chi connectivity index (χ0n) is 15.3. The Bertz CT molecular complexity index is 705. The molecule has 1 aromatic carbocycles. The smallest absolute Gasteiger partial charge is 0.475 e. The first-order valence-electron chi connectivity index (χ1n) is 8.77. The Morgan fingerprint density at radius 3 is 2.64 bits per heavy atom. The van der Waals surface area contributed by atoms with Crippen molar-refractivity contribution in [1.29, 1.82) is 0 Å². The minimum Gasteiger partial charge on any atom is -0.475 e. The highest BCUT2D eigenvalue weighted by Gasteiger charge is 2.52. The highest BCUT2D eigenvalue weighted by Crippen LogP contribution is 2.41. The summed E-state index contributed by atoms with van der Waals surface area (Å²) in [5.41, 5.74) is 1.29. The van der Waals surface area contributed by atoms with E-state index in [9.17, 15) is 13.2 Å². The number of carboxylic acids is 1. The summed E-state index contributed by atoms with van der Waals surface area (Å²) in [6, 6.07) is 6.18. The number of methoxy groups -OCH3 is 1. The molecule has 1 N–H and O–H groups in total. The molecule has 2 fully saturated rings. The zero-order valence-corrected chi connectivity index (χ0v) is 15.3. The van der Waals surface area contributed by atoms with Crippen LogP contribution in [0.15, 0.2) is 18.2 Å². The van der Waals surface area contributed by atoms with E-state index in [4.69, 9.17) is 28.8 Å². The second kappa shape index (κ2) is 8.14. The molecular formula is C18H22F3NO6. The van der Waals surface area contributed by atoms with Gasteiger partial charge in [0.25, 0.3) is 0 Å². The fourth-order valence-electron chi connectivity index (χ4n) is 3.69. The number of benzene rings is 1. The molecule has 1 unspecified atom stereocenters. The summed E-state index contributed by atoms with van der Waals surface area (Å²) in [6.45, 7) is 4.92. The number of fused-ring (bicyclic) bond motifs is 1. The van der Waals surface area contributed by atoms with Gasteiger partial charge in [-0.2, -0.15) is 13.2 Å². The van der Waals surface area contributed by atoms with Gasteiger partial charge in [0.2, 0.25) is 6.79 Å². The number of nitrogens with zero attached hydrogens (tertiary/aromatic N) is 1. The third-order valence-electron chi connectivity index (χ3n) is 5.04. The highest BCUT2D eigenvalue weighted by molar-refractivity contribution is 5.73. The maximum Gasteiger partial charge on any atom is 0.490 e. The van der Waals surface area contributed by atoms with Gasteiger partial charge in [0.15, 0.2) is 11.5 Å². The van der Waals surface area contributed by atoms with Gasteiger partial charge in [-0.15, -0.1) is 0 Å². The monoisotopic (exact) mass is 405 g/mol. The number of halogens is 3. The van der Waals surface area contributed by atoms with Crippen LogP contribution < -0.4 is 9.47 Å². The Balaban J connectivity index is 0.000000279. The third kappa shape index (κ3) is 4.50. The van der Waals surface area contributed by atoms with Crippen LogP contribution in [0.3, 0.4) is 0 Å². The number of carboxylic acid groups (broad SMARTS) is 1. The summed E-state index contributed by atoms with van der Waals surface area (Å²) in [7, 11) is 1.77. The molecule has 1 spiro atoms. The van der Waals surface area contributed by atoms with Crippen LogP contribution >= 0.6 is 0 Å². The molecule has 3 aliphatic heterocycles. The quantitative estimate of drug-likeness (QED) is 0.824. The average molecular weight is 405 g/mol. The van der Waals surface area contributed by atoms with E-state index in [0.29, 0.717) is 12.7 Å². The van der Waals surface area contributed by atoms with Gasteiger partial charge < -0.3 is 24.1 Å². The van der Waals surface area contributed by atoms with Crippen LogP contribution in [0, 0.1) is 5.92 Å². The molecule has 0 aliphatic carbocycles. The van der Waals surface area contributed by atoms with Crippen molar-refractivity contribution in [2.24, 2.45) is 5.92 Å². The molecule has 28 heavy (non-hydrogen) atoms.